The molecular formula is C16H18N4O. The van der Waals surface area contributed by atoms with Gasteiger partial charge in [0.05, 0.1) is 12.2 Å². The number of rotatable bonds is 4. The lowest BCUT2D eigenvalue weighted by Gasteiger charge is -2.16. The maximum absolute atomic E-state index is 12.2. The van der Waals surface area contributed by atoms with Crippen LogP contribution in [0, 0.1) is 0 Å². The van der Waals surface area contributed by atoms with E-state index >= 15 is 0 Å². The van der Waals surface area contributed by atoms with E-state index in [1.807, 2.05) is 30.3 Å². The first kappa shape index (κ1) is 13.5. The number of nitrogens with zero attached hydrogens (tertiary/aromatic N) is 3. The lowest BCUT2D eigenvalue weighted by molar-refractivity contribution is 0.0945. The van der Waals surface area contributed by atoms with Crippen LogP contribution in [0.15, 0.2) is 42.6 Å². The number of pyridine rings is 2. The Kier molecular flexibility index (Phi) is 4.09. The number of aromatic nitrogens is 2. The van der Waals surface area contributed by atoms with Crippen molar-refractivity contribution in [2.45, 2.75) is 19.4 Å². The third-order valence-electron chi connectivity index (χ3n) is 3.55. The van der Waals surface area contributed by atoms with Crippen molar-refractivity contribution in [1.82, 2.24) is 15.3 Å². The van der Waals surface area contributed by atoms with Crippen LogP contribution in [0.2, 0.25) is 0 Å². The van der Waals surface area contributed by atoms with Gasteiger partial charge in [0.1, 0.15) is 11.5 Å². The summed E-state index contributed by atoms with van der Waals surface area (Å²) in [7, 11) is 0. The highest BCUT2D eigenvalue weighted by Gasteiger charge is 2.15. The van der Waals surface area contributed by atoms with Gasteiger partial charge in [-0.2, -0.15) is 0 Å². The second-order valence-corrected chi connectivity index (χ2v) is 5.08. The fourth-order valence-electron chi connectivity index (χ4n) is 2.44. The van der Waals surface area contributed by atoms with E-state index in [1.54, 1.807) is 12.3 Å². The molecule has 3 heterocycles. The first-order valence-electron chi connectivity index (χ1n) is 7.23. The Bertz CT molecular complexity index is 609. The van der Waals surface area contributed by atoms with Gasteiger partial charge in [-0.3, -0.25) is 9.78 Å². The predicted octanol–water partition coefficient (Wildman–Crippen LogP) is 2.01. The highest BCUT2D eigenvalue weighted by molar-refractivity contribution is 5.92. The molecule has 0 unspecified atom stereocenters. The summed E-state index contributed by atoms with van der Waals surface area (Å²) < 4.78 is 0. The van der Waals surface area contributed by atoms with Crippen molar-refractivity contribution in [2.75, 3.05) is 18.0 Å². The summed E-state index contributed by atoms with van der Waals surface area (Å²) in [6.45, 7) is 2.45. The zero-order valence-corrected chi connectivity index (χ0v) is 11.8. The molecule has 3 rings (SSSR count). The molecule has 108 valence electrons. The van der Waals surface area contributed by atoms with E-state index in [-0.39, 0.29) is 5.91 Å². The molecule has 0 bridgehead atoms. The predicted molar refractivity (Wildman–Crippen MR) is 81.1 cm³/mol. The van der Waals surface area contributed by atoms with Crippen LogP contribution in [-0.2, 0) is 6.54 Å². The average molecular weight is 282 g/mol. The van der Waals surface area contributed by atoms with Crippen molar-refractivity contribution in [3.8, 4) is 0 Å². The van der Waals surface area contributed by atoms with Crippen LogP contribution in [0.5, 0.6) is 0 Å². The summed E-state index contributed by atoms with van der Waals surface area (Å²) in [5.41, 5.74) is 1.29. The van der Waals surface area contributed by atoms with E-state index in [0.717, 1.165) is 24.6 Å². The van der Waals surface area contributed by atoms with Gasteiger partial charge >= 0.3 is 0 Å². The van der Waals surface area contributed by atoms with Gasteiger partial charge in [0, 0.05) is 19.3 Å². The number of carbonyl (C=O) groups is 1. The van der Waals surface area contributed by atoms with Gasteiger partial charge in [-0.05, 0) is 37.1 Å². The highest BCUT2D eigenvalue weighted by atomic mass is 16.1. The van der Waals surface area contributed by atoms with Crippen LogP contribution in [0.4, 0.5) is 5.82 Å². The number of anilines is 1. The Morgan fingerprint density at radius 1 is 1.14 bits per heavy atom. The minimum atomic E-state index is -0.165. The molecule has 0 saturated carbocycles. The van der Waals surface area contributed by atoms with Crippen molar-refractivity contribution in [2.24, 2.45) is 0 Å². The number of nitrogens with one attached hydrogen (secondary N) is 1. The van der Waals surface area contributed by atoms with Gasteiger partial charge in [-0.1, -0.05) is 12.1 Å². The molecule has 5 heteroatoms. The SMILES string of the molecule is O=C(NCc1ccccn1)c1cccc(N2CCCC2)n1. The van der Waals surface area contributed by atoms with Crippen molar-refractivity contribution in [1.29, 1.82) is 0 Å². The van der Waals surface area contributed by atoms with Crippen molar-refractivity contribution < 1.29 is 4.79 Å². The smallest absolute Gasteiger partial charge is 0.270 e. The fourth-order valence-corrected chi connectivity index (χ4v) is 2.44. The lowest BCUT2D eigenvalue weighted by atomic mass is 10.3. The lowest BCUT2D eigenvalue weighted by Crippen LogP contribution is -2.26. The summed E-state index contributed by atoms with van der Waals surface area (Å²) in [6.07, 6.45) is 4.10. The summed E-state index contributed by atoms with van der Waals surface area (Å²) in [5, 5.41) is 2.85. The molecule has 1 aliphatic rings. The molecule has 0 radical (unpaired) electrons. The first-order chi connectivity index (χ1) is 10.3. The van der Waals surface area contributed by atoms with Crippen molar-refractivity contribution in [3.05, 3.63) is 54.0 Å². The topological polar surface area (TPSA) is 58.1 Å². The summed E-state index contributed by atoms with van der Waals surface area (Å²) in [5.74, 6) is 0.722. The van der Waals surface area contributed by atoms with Gasteiger partial charge in [0.2, 0.25) is 0 Å². The van der Waals surface area contributed by atoms with Gasteiger partial charge in [0.15, 0.2) is 0 Å². The number of amides is 1. The standard InChI is InChI=1S/C16H18N4O/c21-16(18-12-13-6-1-2-9-17-13)14-7-5-8-15(19-14)20-10-3-4-11-20/h1-2,5-9H,3-4,10-12H2,(H,18,21). The van der Waals surface area contributed by atoms with Gasteiger partial charge in [-0.15, -0.1) is 0 Å². The summed E-state index contributed by atoms with van der Waals surface area (Å²) >= 11 is 0. The van der Waals surface area contributed by atoms with E-state index in [9.17, 15) is 4.79 Å². The third-order valence-corrected chi connectivity index (χ3v) is 3.55. The molecule has 0 atom stereocenters. The Balaban J connectivity index is 1.65. The van der Waals surface area contributed by atoms with E-state index in [2.05, 4.69) is 20.2 Å². The molecule has 1 amide bonds. The van der Waals surface area contributed by atoms with E-state index in [0.29, 0.717) is 12.2 Å². The second kappa shape index (κ2) is 6.35. The van der Waals surface area contributed by atoms with Crippen molar-refractivity contribution >= 4 is 11.7 Å². The van der Waals surface area contributed by atoms with Crippen LogP contribution in [0.3, 0.4) is 0 Å². The van der Waals surface area contributed by atoms with E-state index in [4.69, 9.17) is 0 Å². The van der Waals surface area contributed by atoms with Gasteiger partial charge in [-0.25, -0.2) is 4.98 Å². The molecule has 1 fully saturated rings. The quantitative estimate of drug-likeness (QED) is 0.932. The Morgan fingerprint density at radius 3 is 2.76 bits per heavy atom. The first-order valence-corrected chi connectivity index (χ1v) is 7.23. The molecule has 0 spiro atoms. The van der Waals surface area contributed by atoms with Crippen LogP contribution >= 0.6 is 0 Å². The molecule has 21 heavy (non-hydrogen) atoms. The average Bonchev–Trinajstić information content (AvgIpc) is 3.08. The molecule has 2 aromatic heterocycles. The summed E-state index contributed by atoms with van der Waals surface area (Å²) in [6, 6.07) is 11.2. The minimum absolute atomic E-state index is 0.165. The van der Waals surface area contributed by atoms with E-state index < -0.39 is 0 Å². The molecule has 0 aromatic carbocycles. The van der Waals surface area contributed by atoms with Crippen LogP contribution in [0.25, 0.3) is 0 Å². The molecule has 0 aliphatic carbocycles. The zero-order chi connectivity index (χ0) is 14.5. The number of hydrogen-bond donors (Lipinski definition) is 1. The molecule has 1 aliphatic heterocycles. The molecular weight excluding hydrogens is 264 g/mol. The van der Waals surface area contributed by atoms with E-state index in [1.165, 1.54) is 12.8 Å². The van der Waals surface area contributed by atoms with Crippen molar-refractivity contribution in [3.63, 3.8) is 0 Å². The van der Waals surface area contributed by atoms with Gasteiger partial charge in [0.25, 0.3) is 5.91 Å². The highest BCUT2D eigenvalue weighted by Crippen LogP contribution is 2.17. The number of carbonyl (C=O) groups excluding carboxylic acids is 1. The van der Waals surface area contributed by atoms with Gasteiger partial charge < -0.3 is 10.2 Å². The molecule has 1 saturated heterocycles. The van der Waals surface area contributed by atoms with Crippen LogP contribution in [-0.4, -0.2) is 29.0 Å². The minimum Gasteiger partial charge on any atom is -0.357 e. The molecule has 1 N–H and O–H groups in total. The Labute approximate surface area is 124 Å². The normalized spacial score (nSPS) is 14.2. The van der Waals surface area contributed by atoms with Crippen LogP contribution in [0.1, 0.15) is 29.0 Å². The maximum Gasteiger partial charge on any atom is 0.270 e. The maximum atomic E-state index is 12.2. The molecule has 5 nitrogen and oxygen atoms in total. The van der Waals surface area contributed by atoms with Crippen LogP contribution < -0.4 is 10.2 Å². The summed E-state index contributed by atoms with van der Waals surface area (Å²) in [4.78, 5) is 23.0. The Hall–Kier alpha value is -2.43. The fraction of sp³-hybridized carbons (Fsp3) is 0.312. The monoisotopic (exact) mass is 282 g/mol. The zero-order valence-electron chi connectivity index (χ0n) is 11.8. The Morgan fingerprint density at radius 2 is 2.00 bits per heavy atom. The molecule has 2 aromatic rings. The largest absolute Gasteiger partial charge is 0.357 e. The third kappa shape index (κ3) is 3.37. The number of hydrogen-bond acceptors (Lipinski definition) is 4. The second-order valence-electron chi connectivity index (χ2n) is 5.08.